The summed E-state index contributed by atoms with van der Waals surface area (Å²) in [4.78, 5) is 21.8. The van der Waals surface area contributed by atoms with Crippen LogP contribution in [-0.4, -0.2) is 25.8 Å². The van der Waals surface area contributed by atoms with E-state index in [1.807, 2.05) is 13.8 Å². The van der Waals surface area contributed by atoms with Crippen LogP contribution in [0, 0.1) is 23.0 Å². The normalized spacial score (nSPS) is 11.5. The molecule has 0 heterocycles. The maximum absolute atomic E-state index is 11.9. The van der Waals surface area contributed by atoms with Gasteiger partial charge in [0.05, 0.1) is 9.82 Å². The molecule has 0 spiro atoms. The van der Waals surface area contributed by atoms with Crippen molar-refractivity contribution in [1.29, 1.82) is 0 Å². The first-order chi connectivity index (χ1) is 9.54. The third-order valence-electron chi connectivity index (χ3n) is 2.77. The fourth-order valence-electron chi connectivity index (χ4n) is 1.69. The molecule has 8 nitrogen and oxygen atoms in total. The molecule has 9 heteroatoms. The SMILES string of the molecule is Cc1c([N+](=O)[O-])cc(C(=O)NCC(C)C)cc1S(N)(=O)=O. The fraction of sp³-hybridized carbons (Fsp3) is 0.417. The molecular weight excluding hydrogens is 298 g/mol. The van der Waals surface area contributed by atoms with Gasteiger partial charge >= 0.3 is 0 Å². The molecule has 3 N–H and O–H groups in total. The number of rotatable bonds is 5. The summed E-state index contributed by atoms with van der Waals surface area (Å²) in [7, 11) is -4.16. The Morgan fingerprint density at radius 1 is 1.43 bits per heavy atom. The Balaban J connectivity index is 3.38. The highest BCUT2D eigenvalue weighted by atomic mass is 32.2. The van der Waals surface area contributed by atoms with Crippen LogP contribution < -0.4 is 10.5 Å². The van der Waals surface area contributed by atoms with Gasteiger partial charge in [-0.3, -0.25) is 14.9 Å². The summed E-state index contributed by atoms with van der Waals surface area (Å²) in [6, 6.07) is 2.09. The number of nitro groups is 1. The van der Waals surface area contributed by atoms with Gasteiger partial charge in [-0.1, -0.05) is 13.8 Å². The Bertz CT molecular complexity index is 682. The zero-order valence-electron chi connectivity index (χ0n) is 11.9. The predicted octanol–water partition coefficient (Wildman–Crippen LogP) is 0.936. The summed E-state index contributed by atoms with van der Waals surface area (Å²) < 4.78 is 23.0. The fourth-order valence-corrected chi connectivity index (χ4v) is 2.51. The van der Waals surface area contributed by atoms with E-state index in [9.17, 15) is 23.3 Å². The summed E-state index contributed by atoms with van der Waals surface area (Å²) in [6.45, 7) is 5.40. The molecule has 21 heavy (non-hydrogen) atoms. The number of amides is 1. The number of benzene rings is 1. The van der Waals surface area contributed by atoms with Crippen LogP contribution in [0.5, 0.6) is 0 Å². The van der Waals surface area contributed by atoms with E-state index in [4.69, 9.17) is 5.14 Å². The average Bonchev–Trinajstić information content (AvgIpc) is 2.34. The number of sulfonamides is 1. The van der Waals surface area contributed by atoms with Crippen molar-refractivity contribution in [2.45, 2.75) is 25.7 Å². The van der Waals surface area contributed by atoms with Crippen LogP contribution in [0.2, 0.25) is 0 Å². The van der Waals surface area contributed by atoms with Crippen LogP contribution in [0.3, 0.4) is 0 Å². The maximum atomic E-state index is 11.9. The van der Waals surface area contributed by atoms with Crippen LogP contribution in [0.15, 0.2) is 17.0 Å². The molecule has 1 rings (SSSR count). The summed E-state index contributed by atoms with van der Waals surface area (Å²) in [6.07, 6.45) is 0. The molecular formula is C12H17N3O5S. The van der Waals surface area contributed by atoms with Gasteiger partial charge in [0.15, 0.2) is 0 Å². The third-order valence-corrected chi connectivity index (χ3v) is 3.81. The van der Waals surface area contributed by atoms with Gasteiger partial charge in [-0.05, 0) is 18.9 Å². The molecule has 0 aliphatic carbocycles. The van der Waals surface area contributed by atoms with Gasteiger partial charge in [0.1, 0.15) is 0 Å². The van der Waals surface area contributed by atoms with Crippen molar-refractivity contribution in [1.82, 2.24) is 5.32 Å². The molecule has 1 aromatic rings. The van der Waals surface area contributed by atoms with Crippen molar-refractivity contribution >= 4 is 21.6 Å². The number of nitrogens with one attached hydrogen (secondary N) is 1. The smallest absolute Gasteiger partial charge is 0.274 e. The summed E-state index contributed by atoms with van der Waals surface area (Å²) in [5.74, 6) is -0.399. The van der Waals surface area contributed by atoms with E-state index in [1.165, 1.54) is 6.92 Å². The highest BCUT2D eigenvalue weighted by Gasteiger charge is 2.24. The second kappa shape index (κ2) is 6.19. The quantitative estimate of drug-likeness (QED) is 0.616. The first kappa shape index (κ1) is 17.1. The van der Waals surface area contributed by atoms with Gasteiger partial charge in [-0.2, -0.15) is 0 Å². The van der Waals surface area contributed by atoms with Gasteiger partial charge < -0.3 is 5.32 Å². The minimum absolute atomic E-state index is 0.0945. The van der Waals surface area contributed by atoms with Gasteiger partial charge in [-0.15, -0.1) is 0 Å². The van der Waals surface area contributed by atoms with E-state index in [0.717, 1.165) is 12.1 Å². The van der Waals surface area contributed by atoms with Crippen molar-refractivity contribution in [3.05, 3.63) is 33.4 Å². The number of hydrogen-bond donors (Lipinski definition) is 2. The van der Waals surface area contributed by atoms with Crippen molar-refractivity contribution in [3.63, 3.8) is 0 Å². The Kier molecular flexibility index (Phi) is 5.02. The minimum Gasteiger partial charge on any atom is -0.352 e. The summed E-state index contributed by atoms with van der Waals surface area (Å²) in [5, 5.41) is 18.6. The molecule has 0 bridgehead atoms. The molecule has 0 aromatic heterocycles. The van der Waals surface area contributed by atoms with Crippen molar-refractivity contribution in [3.8, 4) is 0 Å². The predicted molar refractivity (Wildman–Crippen MR) is 76.4 cm³/mol. The third kappa shape index (κ3) is 4.23. The zero-order valence-corrected chi connectivity index (χ0v) is 12.7. The molecule has 116 valence electrons. The van der Waals surface area contributed by atoms with Crippen molar-refractivity contribution in [2.24, 2.45) is 11.1 Å². The van der Waals surface area contributed by atoms with E-state index in [0.29, 0.717) is 6.54 Å². The number of hydrogen-bond acceptors (Lipinski definition) is 5. The molecule has 0 aliphatic heterocycles. The Morgan fingerprint density at radius 2 is 2.00 bits per heavy atom. The van der Waals surface area contributed by atoms with E-state index in [2.05, 4.69) is 5.32 Å². The highest BCUT2D eigenvalue weighted by Crippen LogP contribution is 2.26. The van der Waals surface area contributed by atoms with Crippen LogP contribution in [-0.2, 0) is 10.0 Å². The van der Waals surface area contributed by atoms with Crippen LogP contribution in [0.4, 0.5) is 5.69 Å². The Hall–Kier alpha value is -2.00. The number of carbonyl (C=O) groups excluding carboxylic acids is 1. The maximum Gasteiger partial charge on any atom is 0.274 e. The lowest BCUT2D eigenvalue weighted by atomic mass is 10.1. The van der Waals surface area contributed by atoms with E-state index >= 15 is 0 Å². The second-order valence-corrected chi connectivity index (χ2v) is 6.55. The van der Waals surface area contributed by atoms with Gasteiger partial charge in [0.25, 0.3) is 11.6 Å². The van der Waals surface area contributed by atoms with Gasteiger partial charge in [-0.25, -0.2) is 13.6 Å². The molecule has 0 aliphatic rings. The first-order valence-electron chi connectivity index (χ1n) is 6.14. The average molecular weight is 315 g/mol. The highest BCUT2D eigenvalue weighted by molar-refractivity contribution is 7.89. The largest absolute Gasteiger partial charge is 0.352 e. The molecule has 0 unspecified atom stereocenters. The number of nitrogens with zero attached hydrogens (tertiary/aromatic N) is 1. The lowest BCUT2D eigenvalue weighted by Gasteiger charge is -2.10. The Morgan fingerprint density at radius 3 is 2.43 bits per heavy atom. The van der Waals surface area contributed by atoms with E-state index < -0.39 is 31.4 Å². The van der Waals surface area contributed by atoms with Crippen LogP contribution in [0.25, 0.3) is 0 Å². The molecule has 0 radical (unpaired) electrons. The number of primary sulfonamides is 1. The summed E-state index contributed by atoms with van der Waals surface area (Å²) >= 11 is 0. The van der Waals surface area contributed by atoms with E-state index in [1.54, 1.807) is 0 Å². The zero-order chi connectivity index (χ0) is 16.4. The van der Waals surface area contributed by atoms with Crippen LogP contribution in [0.1, 0.15) is 29.8 Å². The number of nitrogens with two attached hydrogens (primary N) is 1. The lowest BCUT2D eigenvalue weighted by Crippen LogP contribution is -2.28. The number of nitro benzene ring substituents is 1. The molecule has 1 aromatic carbocycles. The summed E-state index contributed by atoms with van der Waals surface area (Å²) in [5.41, 5.74) is -0.670. The van der Waals surface area contributed by atoms with Gasteiger partial charge in [0.2, 0.25) is 10.0 Å². The van der Waals surface area contributed by atoms with Crippen molar-refractivity contribution < 1.29 is 18.1 Å². The first-order valence-corrected chi connectivity index (χ1v) is 7.68. The molecule has 1 amide bonds. The van der Waals surface area contributed by atoms with Crippen molar-refractivity contribution in [2.75, 3.05) is 6.54 Å². The topological polar surface area (TPSA) is 132 Å². The molecule has 0 fully saturated rings. The standard InChI is InChI=1S/C12H17N3O5S/c1-7(2)6-14-12(16)9-4-10(15(17)18)8(3)11(5-9)21(13,19)20/h4-5,7H,6H2,1-3H3,(H,14,16)(H2,13,19,20). The lowest BCUT2D eigenvalue weighted by molar-refractivity contribution is -0.385. The Labute approximate surface area is 122 Å². The molecule has 0 saturated carbocycles. The molecule has 0 saturated heterocycles. The van der Waals surface area contributed by atoms with E-state index in [-0.39, 0.29) is 17.0 Å². The number of carbonyl (C=O) groups is 1. The minimum atomic E-state index is -4.16. The van der Waals surface area contributed by atoms with Crippen LogP contribution >= 0.6 is 0 Å². The monoisotopic (exact) mass is 315 g/mol. The molecule has 0 atom stereocenters. The second-order valence-electron chi connectivity index (χ2n) is 5.02. The van der Waals surface area contributed by atoms with Gasteiger partial charge in [0, 0.05) is 23.7 Å².